The number of hydrogen-bond donors (Lipinski definition) is 3. The maximum Gasteiger partial charge on any atom is 0.347 e. The topological polar surface area (TPSA) is 136 Å². The van der Waals surface area contributed by atoms with Gasteiger partial charge in [0.05, 0.1) is 30.0 Å². The summed E-state index contributed by atoms with van der Waals surface area (Å²) in [5.74, 6) is 0.152. The van der Waals surface area contributed by atoms with Crippen molar-refractivity contribution in [2.75, 3.05) is 11.9 Å². The number of rotatable bonds is 5. The Bertz CT molecular complexity index is 925. The highest BCUT2D eigenvalue weighted by atomic mass is 16.1. The number of hydrogen-bond acceptors (Lipinski definition) is 6. The number of H-pyrrole nitrogens is 1. The summed E-state index contributed by atoms with van der Waals surface area (Å²) in [5, 5.41) is 7.24. The van der Waals surface area contributed by atoms with Crippen molar-refractivity contribution in [3.8, 4) is 11.3 Å². The lowest BCUT2D eigenvalue weighted by atomic mass is 9.95. The van der Waals surface area contributed by atoms with Gasteiger partial charge in [0.2, 0.25) is 5.91 Å². The van der Waals surface area contributed by atoms with Crippen LogP contribution in [0.5, 0.6) is 0 Å². The number of amides is 1. The van der Waals surface area contributed by atoms with Crippen LogP contribution >= 0.6 is 0 Å². The van der Waals surface area contributed by atoms with Crippen LogP contribution in [-0.4, -0.2) is 38.0 Å². The summed E-state index contributed by atoms with van der Waals surface area (Å²) in [6.45, 7) is 0.118. The number of aromatic amines is 1. The third-order valence-corrected chi connectivity index (χ3v) is 5.21. The second-order valence-corrected chi connectivity index (χ2v) is 6.91. The second-order valence-electron chi connectivity index (χ2n) is 6.91. The minimum absolute atomic E-state index is 0.112. The largest absolute Gasteiger partial charge is 0.370 e. The van der Waals surface area contributed by atoms with Gasteiger partial charge in [0.1, 0.15) is 5.82 Å². The Balaban J connectivity index is 1.73. The first-order valence-electron chi connectivity index (χ1n) is 8.77. The van der Waals surface area contributed by atoms with E-state index in [0.717, 1.165) is 25.7 Å². The third kappa shape index (κ3) is 2.89. The van der Waals surface area contributed by atoms with E-state index in [2.05, 4.69) is 20.4 Å². The van der Waals surface area contributed by atoms with Crippen LogP contribution in [0.2, 0.25) is 0 Å². The van der Waals surface area contributed by atoms with Crippen LogP contribution in [0, 0.1) is 5.92 Å². The van der Waals surface area contributed by atoms with Crippen molar-refractivity contribution in [3.63, 3.8) is 0 Å². The van der Waals surface area contributed by atoms with Crippen LogP contribution in [0.3, 0.4) is 0 Å². The van der Waals surface area contributed by atoms with E-state index >= 15 is 0 Å². The number of primary amides is 1. The van der Waals surface area contributed by atoms with E-state index in [0.29, 0.717) is 28.6 Å². The van der Waals surface area contributed by atoms with Crippen molar-refractivity contribution in [2.45, 2.75) is 38.1 Å². The molecule has 4 N–H and O–H groups in total. The summed E-state index contributed by atoms with van der Waals surface area (Å²) in [7, 11) is 0. The molecule has 3 heterocycles. The molecular formula is C17H20N6O3. The highest BCUT2D eigenvalue weighted by Crippen LogP contribution is 2.37. The van der Waals surface area contributed by atoms with Gasteiger partial charge < -0.3 is 16.0 Å². The molecule has 1 aliphatic carbocycles. The molecule has 0 bridgehead atoms. The van der Waals surface area contributed by atoms with Crippen LogP contribution in [0.15, 0.2) is 17.2 Å². The Kier molecular flexibility index (Phi) is 4.06. The number of nitrogens with one attached hydrogen (secondary N) is 2. The van der Waals surface area contributed by atoms with E-state index in [1.165, 1.54) is 0 Å². The summed E-state index contributed by atoms with van der Waals surface area (Å²) in [4.78, 5) is 41.9. The van der Waals surface area contributed by atoms with Gasteiger partial charge in [0, 0.05) is 18.2 Å². The first-order valence-corrected chi connectivity index (χ1v) is 8.77. The number of ketones is 1. The van der Waals surface area contributed by atoms with Gasteiger partial charge in [0.15, 0.2) is 5.78 Å². The predicted molar refractivity (Wildman–Crippen MR) is 93.7 cm³/mol. The normalized spacial score (nSPS) is 17.9. The maximum atomic E-state index is 12.2. The Morgan fingerprint density at radius 1 is 1.35 bits per heavy atom. The fourth-order valence-corrected chi connectivity index (χ4v) is 4.01. The Hall–Kier alpha value is -2.97. The zero-order valence-electron chi connectivity index (χ0n) is 14.2. The Morgan fingerprint density at radius 2 is 2.12 bits per heavy atom. The molecule has 0 aromatic carbocycles. The molecule has 0 spiro atoms. The maximum absolute atomic E-state index is 12.2. The Morgan fingerprint density at radius 3 is 2.85 bits per heavy atom. The number of Topliss-reactive ketones (excluding diaryl/α,β-unsaturated/α-hetero) is 1. The molecular weight excluding hydrogens is 336 g/mol. The first kappa shape index (κ1) is 16.5. The van der Waals surface area contributed by atoms with Crippen molar-refractivity contribution < 1.29 is 9.59 Å². The zero-order chi connectivity index (χ0) is 18.3. The van der Waals surface area contributed by atoms with E-state index in [1.807, 2.05) is 0 Å². The number of aromatic nitrogens is 4. The average Bonchev–Trinajstić information content (AvgIpc) is 3.33. The summed E-state index contributed by atoms with van der Waals surface area (Å²) in [6, 6.07) is -0.112. The summed E-state index contributed by atoms with van der Waals surface area (Å²) in [6.07, 6.45) is 7.94. The zero-order valence-corrected chi connectivity index (χ0v) is 14.2. The fraction of sp³-hybridized carbons (Fsp3) is 0.471. The first-order chi connectivity index (χ1) is 12.5. The van der Waals surface area contributed by atoms with E-state index in [1.54, 1.807) is 17.1 Å². The van der Waals surface area contributed by atoms with E-state index in [4.69, 9.17) is 5.73 Å². The van der Waals surface area contributed by atoms with E-state index < -0.39 is 5.69 Å². The van der Waals surface area contributed by atoms with Gasteiger partial charge in [-0.15, -0.1) is 0 Å². The summed E-state index contributed by atoms with van der Waals surface area (Å²) in [5.41, 5.74) is 6.31. The number of nitrogens with two attached hydrogens (primary N) is 1. The van der Waals surface area contributed by atoms with Gasteiger partial charge in [-0.2, -0.15) is 10.1 Å². The summed E-state index contributed by atoms with van der Waals surface area (Å²) < 4.78 is 1.74. The number of anilines is 1. The van der Waals surface area contributed by atoms with Crippen LogP contribution in [-0.2, 0) is 4.79 Å². The molecule has 136 valence electrons. The van der Waals surface area contributed by atoms with Gasteiger partial charge in [-0.1, -0.05) is 12.8 Å². The molecule has 1 atom stereocenters. The van der Waals surface area contributed by atoms with E-state index in [-0.39, 0.29) is 30.7 Å². The molecule has 0 radical (unpaired) electrons. The smallest absolute Gasteiger partial charge is 0.347 e. The molecule has 0 saturated heterocycles. The molecule has 2 aromatic heterocycles. The number of carbonyl (C=O) groups is 2. The minimum atomic E-state index is -0.529. The lowest BCUT2D eigenvalue weighted by molar-refractivity contribution is -0.119. The molecule has 4 rings (SSSR count). The fourth-order valence-electron chi connectivity index (χ4n) is 4.01. The molecule has 0 unspecified atom stereocenters. The van der Waals surface area contributed by atoms with Crippen molar-refractivity contribution in [3.05, 3.63) is 28.4 Å². The molecule has 1 amide bonds. The molecule has 1 saturated carbocycles. The van der Waals surface area contributed by atoms with Crippen molar-refractivity contribution in [1.82, 2.24) is 19.7 Å². The van der Waals surface area contributed by atoms with Crippen LogP contribution in [0.4, 0.5) is 5.82 Å². The number of carbonyl (C=O) groups excluding carboxylic acids is 2. The summed E-state index contributed by atoms with van der Waals surface area (Å²) >= 11 is 0. The van der Waals surface area contributed by atoms with E-state index in [9.17, 15) is 14.4 Å². The minimum Gasteiger partial charge on any atom is -0.370 e. The quantitative estimate of drug-likeness (QED) is 0.726. The monoisotopic (exact) mass is 356 g/mol. The van der Waals surface area contributed by atoms with Crippen molar-refractivity contribution >= 4 is 17.5 Å². The van der Waals surface area contributed by atoms with Gasteiger partial charge in [-0.25, -0.2) is 4.79 Å². The molecule has 2 aliphatic rings. The highest BCUT2D eigenvalue weighted by Gasteiger charge is 2.30. The van der Waals surface area contributed by atoms with Gasteiger partial charge in [-0.3, -0.25) is 14.3 Å². The van der Waals surface area contributed by atoms with Crippen molar-refractivity contribution in [1.29, 1.82) is 0 Å². The lowest BCUT2D eigenvalue weighted by Gasteiger charge is -2.22. The van der Waals surface area contributed by atoms with Gasteiger partial charge in [-0.05, 0) is 18.8 Å². The second kappa shape index (κ2) is 6.40. The third-order valence-electron chi connectivity index (χ3n) is 5.21. The molecule has 26 heavy (non-hydrogen) atoms. The molecule has 9 heteroatoms. The molecule has 9 nitrogen and oxygen atoms in total. The number of fused-ring (bicyclic) bond motifs is 1. The van der Waals surface area contributed by atoms with Crippen LogP contribution in [0.25, 0.3) is 11.3 Å². The Labute approximate surface area is 149 Å². The molecule has 2 aromatic rings. The average molecular weight is 356 g/mol. The van der Waals surface area contributed by atoms with Crippen LogP contribution < -0.4 is 16.7 Å². The van der Waals surface area contributed by atoms with Crippen LogP contribution in [0.1, 0.15) is 48.5 Å². The highest BCUT2D eigenvalue weighted by molar-refractivity contribution is 6.11. The standard InChI is InChI=1S/C17H20N6O3/c18-13(25)5-11(9-3-1-2-4-9)23-8-10(6-20-23)15-14-12(24)7-19-16(14)22-17(26)21-15/h6,8-9,11H,1-5,7H2,(H2,18,25)(H2,19,21,22,26)/t11-/m1/s1. The van der Waals surface area contributed by atoms with Gasteiger partial charge >= 0.3 is 5.69 Å². The SMILES string of the molecule is NC(=O)C[C@H](C1CCCC1)n1cc(-c2[nH]c(=O)nc3c2C(=O)CN3)cn1. The predicted octanol–water partition coefficient (Wildman–Crippen LogP) is 0.848. The van der Waals surface area contributed by atoms with Gasteiger partial charge in [0.25, 0.3) is 0 Å². The van der Waals surface area contributed by atoms with Crippen molar-refractivity contribution in [2.24, 2.45) is 11.7 Å². The number of nitrogens with zero attached hydrogens (tertiary/aromatic N) is 3. The molecule has 1 fully saturated rings. The lowest BCUT2D eigenvalue weighted by Crippen LogP contribution is -2.24. The molecule has 1 aliphatic heterocycles.